The molecule has 1 N–H and O–H groups in total. The van der Waals surface area contributed by atoms with E-state index in [9.17, 15) is 10.1 Å². The molecule has 0 amide bonds. The fraction of sp³-hybridized carbons (Fsp3) is 0.200. The van der Waals surface area contributed by atoms with Crippen molar-refractivity contribution in [1.29, 1.82) is 0 Å². The quantitative estimate of drug-likeness (QED) is 0.594. The Morgan fingerprint density at radius 3 is 2.57 bits per heavy atom. The first-order valence-corrected chi connectivity index (χ1v) is 7.33. The molecule has 2 rings (SSSR count). The highest BCUT2D eigenvalue weighted by Gasteiger charge is 2.14. The van der Waals surface area contributed by atoms with Crippen LogP contribution < -0.4 is 10.1 Å². The van der Waals surface area contributed by atoms with E-state index in [4.69, 9.17) is 4.74 Å². The van der Waals surface area contributed by atoms with Gasteiger partial charge in [-0.3, -0.25) is 10.1 Å². The molecular formula is C15H15BrN2O3. The van der Waals surface area contributed by atoms with Gasteiger partial charge in [0, 0.05) is 16.2 Å². The summed E-state index contributed by atoms with van der Waals surface area (Å²) in [6.45, 7) is 2.72. The molecule has 21 heavy (non-hydrogen) atoms. The fourth-order valence-corrected chi connectivity index (χ4v) is 2.12. The zero-order chi connectivity index (χ0) is 15.2. The van der Waals surface area contributed by atoms with Gasteiger partial charge >= 0.3 is 0 Å². The van der Waals surface area contributed by atoms with Crippen molar-refractivity contribution in [2.45, 2.75) is 13.3 Å². The van der Waals surface area contributed by atoms with Crippen molar-refractivity contribution >= 4 is 33.0 Å². The summed E-state index contributed by atoms with van der Waals surface area (Å²) in [5.41, 5.74) is 1.24. The molecule has 2 aromatic rings. The van der Waals surface area contributed by atoms with Gasteiger partial charge in [0.2, 0.25) is 0 Å². The molecular weight excluding hydrogens is 336 g/mol. The van der Waals surface area contributed by atoms with Crippen molar-refractivity contribution in [2.75, 3.05) is 11.9 Å². The number of benzene rings is 2. The Bertz CT molecular complexity index is 629. The van der Waals surface area contributed by atoms with Gasteiger partial charge in [0.25, 0.3) is 5.69 Å². The van der Waals surface area contributed by atoms with Gasteiger partial charge in [0.15, 0.2) is 0 Å². The highest BCUT2D eigenvalue weighted by atomic mass is 79.9. The van der Waals surface area contributed by atoms with Crippen molar-refractivity contribution < 1.29 is 9.66 Å². The summed E-state index contributed by atoms with van der Waals surface area (Å²) in [5.74, 6) is 0.785. The second-order valence-electron chi connectivity index (χ2n) is 4.42. The normalized spacial score (nSPS) is 10.2. The van der Waals surface area contributed by atoms with Gasteiger partial charge in [0.1, 0.15) is 11.4 Å². The van der Waals surface area contributed by atoms with Crippen molar-refractivity contribution in [2.24, 2.45) is 0 Å². The highest BCUT2D eigenvalue weighted by molar-refractivity contribution is 9.10. The Morgan fingerprint density at radius 2 is 1.95 bits per heavy atom. The third-order valence-corrected chi connectivity index (χ3v) is 3.26. The van der Waals surface area contributed by atoms with Crippen LogP contribution in [-0.4, -0.2) is 11.5 Å². The molecule has 5 nitrogen and oxygen atoms in total. The van der Waals surface area contributed by atoms with Gasteiger partial charge in [0.05, 0.1) is 11.5 Å². The lowest BCUT2D eigenvalue weighted by molar-refractivity contribution is -0.384. The topological polar surface area (TPSA) is 64.4 Å². The average Bonchev–Trinajstić information content (AvgIpc) is 2.48. The molecule has 0 aliphatic carbocycles. The largest absolute Gasteiger partial charge is 0.494 e. The SMILES string of the molecule is CCCOc1ccc(Nc2ccc(Br)cc2[N+](=O)[O-])cc1. The Balaban J connectivity index is 2.16. The van der Waals surface area contributed by atoms with E-state index in [0.29, 0.717) is 16.8 Å². The van der Waals surface area contributed by atoms with Crippen molar-refractivity contribution in [3.8, 4) is 5.75 Å². The molecule has 0 heterocycles. The first-order chi connectivity index (χ1) is 10.1. The molecule has 0 fully saturated rings. The molecule has 0 atom stereocenters. The molecule has 0 aliphatic heterocycles. The average molecular weight is 351 g/mol. The first kappa shape index (κ1) is 15.3. The van der Waals surface area contributed by atoms with Crippen LogP contribution in [0.25, 0.3) is 0 Å². The number of anilines is 2. The van der Waals surface area contributed by atoms with E-state index < -0.39 is 4.92 Å². The van der Waals surface area contributed by atoms with Crippen LogP contribution in [0.3, 0.4) is 0 Å². The van der Waals surface area contributed by atoms with Crippen LogP contribution in [0, 0.1) is 10.1 Å². The molecule has 0 aromatic heterocycles. The van der Waals surface area contributed by atoms with Gasteiger partial charge in [-0.05, 0) is 42.8 Å². The first-order valence-electron chi connectivity index (χ1n) is 6.54. The summed E-state index contributed by atoms with van der Waals surface area (Å²) < 4.78 is 6.17. The number of nitrogens with one attached hydrogen (secondary N) is 1. The van der Waals surface area contributed by atoms with Gasteiger partial charge in [-0.25, -0.2) is 0 Å². The van der Waals surface area contributed by atoms with Gasteiger partial charge in [-0.15, -0.1) is 0 Å². The highest BCUT2D eigenvalue weighted by Crippen LogP contribution is 2.30. The lowest BCUT2D eigenvalue weighted by Gasteiger charge is -2.09. The predicted octanol–water partition coefficient (Wildman–Crippen LogP) is 4.89. The monoisotopic (exact) mass is 350 g/mol. The molecule has 2 aromatic carbocycles. The zero-order valence-corrected chi connectivity index (χ0v) is 13.1. The van der Waals surface area contributed by atoms with Crippen LogP contribution in [0.2, 0.25) is 0 Å². The van der Waals surface area contributed by atoms with Crippen LogP contribution in [0.1, 0.15) is 13.3 Å². The fourth-order valence-electron chi connectivity index (χ4n) is 1.77. The Hall–Kier alpha value is -2.08. The predicted molar refractivity (Wildman–Crippen MR) is 86.3 cm³/mol. The second kappa shape index (κ2) is 7.08. The molecule has 0 spiro atoms. The maximum Gasteiger partial charge on any atom is 0.293 e. The lowest BCUT2D eigenvalue weighted by atomic mass is 10.2. The molecule has 6 heteroatoms. The molecule has 110 valence electrons. The number of rotatable bonds is 6. The van der Waals surface area contributed by atoms with Gasteiger partial charge in [-0.1, -0.05) is 22.9 Å². The van der Waals surface area contributed by atoms with Crippen LogP contribution in [0.15, 0.2) is 46.9 Å². The Morgan fingerprint density at radius 1 is 1.24 bits per heavy atom. The third kappa shape index (κ3) is 4.19. The standard InChI is InChI=1S/C15H15BrN2O3/c1-2-9-21-13-6-4-12(5-7-13)17-14-8-3-11(16)10-15(14)18(19)20/h3-8,10,17H,2,9H2,1H3. The molecule has 0 radical (unpaired) electrons. The van der Waals surface area contributed by atoms with Crippen molar-refractivity contribution in [1.82, 2.24) is 0 Å². The van der Waals surface area contributed by atoms with E-state index in [2.05, 4.69) is 21.2 Å². The minimum atomic E-state index is -0.411. The van der Waals surface area contributed by atoms with E-state index in [1.165, 1.54) is 6.07 Å². The number of halogens is 1. The number of hydrogen-bond acceptors (Lipinski definition) is 4. The zero-order valence-electron chi connectivity index (χ0n) is 11.5. The molecule has 0 bridgehead atoms. The molecule has 0 saturated carbocycles. The number of nitrogens with zero attached hydrogens (tertiary/aromatic N) is 1. The summed E-state index contributed by atoms with van der Waals surface area (Å²) in [4.78, 5) is 10.7. The summed E-state index contributed by atoms with van der Waals surface area (Å²) in [6.07, 6.45) is 0.949. The molecule has 0 unspecified atom stereocenters. The maximum absolute atomic E-state index is 11.1. The minimum absolute atomic E-state index is 0.0238. The number of hydrogen-bond donors (Lipinski definition) is 1. The van der Waals surface area contributed by atoms with E-state index in [1.54, 1.807) is 12.1 Å². The summed E-state index contributed by atoms with van der Waals surface area (Å²) in [5, 5.41) is 14.1. The van der Waals surface area contributed by atoms with E-state index >= 15 is 0 Å². The number of nitro benzene ring substituents is 1. The van der Waals surface area contributed by atoms with E-state index in [0.717, 1.165) is 17.9 Å². The smallest absolute Gasteiger partial charge is 0.293 e. The third-order valence-electron chi connectivity index (χ3n) is 2.76. The second-order valence-corrected chi connectivity index (χ2v) is 5.33. The minimum Gasteiger partial charge on any atom is -0.494 e. The number of nitro groups is 1. The van der Waals surface area contributed by atoms with Crippen LogP contribution in [-0.2, 0) is 0 Å². The number of ether oxygens (including phenoxy) is 1. The molecule has 0 saturated heterocycles. The van der Waals surface area contributed by atoms with E-state index in [1.807, 2.05) is 31.2 Å². The van der Waals surface area contributed by atoms with Crippen LogP contribution >= 0.6 is 15.9 Å². The van der Waals surface area contributed by atoms with Gasteiger partial charge in [-0.2, -0.15) is 0 Å². The van der Waals surface area contributed by atoms with E-state index in [-0.39, 0.29) is 5.69 Å². The van der Waals surface area contributed by atoms with Crippen LogP contribution in [0.5, 0.6) is 5.75 Å². The maximum atomic E-state index is 11.1. The van der Waals surface area contributed by atoms with Crippen molar-refractivity contribution in [3.05, 3.63) is 57.1 Å². The Kier molecular flexibility index (Phi) is 5.16. The lowest BCUT2D eigenvalue weighted by Crippen LogP contribution is -1.98. The summed E-state index contributed by atoms with van der Waals surface area (Å²) in [7, 11) is 0. The van der Waals surface area contributed by atoms with Crippen LogP contribution in [0.4, 0.5) is 17.1 Å². The van der Waals surface area contributed by atoms with Gasteiger partial charge < -0.3 is 10.1 Å². The molecule has 0 aliphatic rings. The summed E-state index contributed by atoms with van der Waals surface area (Å²) >= 11 is 3.23. The Labute approximate surface area is 131 Å². The van der Waals surface area contributed by atoms with Crippen molar-refractivity contribution in [3.63, 3.8) is 0 Å². The summed E-state index contributed by atoms with van der Waals surface area (Å²) in [6, 6.07) is 12.2.